The van der Waals surface area contributed by atoms with Gasteiger partial charge in [0.15, 0.2) is 21.4 Å². The Labute approximate surface area is 251 Å². The van der Waals surface area contributed by atoms with Crippen molar-refractivity contribution in [1.82, 2.24) is 24.8 Å². The molecule has 43 heavy (non-hydrogen) atoms. The number of benzene rings is 2. The lowest BCUT2D eigenvalue weighted by Gasteiger charge is -2.29. The quantitative estimate of drug-likeness (QED) is 0.275. The molecule has 1 aliphatic rings. The Kier molecular flexibility index (Phi) is 9.21. The predicted octanol–water partition coefficient (Wildman–Crippen LogP) is 3.98. The summed E-state index contributed by atoms with van der Waals surface area (Å²) in [6.07, 6.45) is 5.69. The molecule has 0 radical (unpaired) electrons. The van der Waals surface area contributed by atoms with Gasteiger partial charge < -0.3 is 19.9 Å². The first-order chi connectivity index (χ1) is 20.6. The predicted molar refractivity (Wildman–Crippen MR) is 165 cm³/mol. The Hall–Kier alpha value is -3.71. The number of halogens is 1. The number of carbonyl (C=O) groups excluding carboxylic acids is 1. The Morgan fingerprint density at radius 3 is 2.72 bits per heavy atom. The molecule has 0 amide bonds. The number of hydrogen-bond donors (Lipinski definition) is 2. The zero-order chi connectivity index (χ0) is 30.7. The van der Waals surface area contributed by atoms with Crippen LogP contribution in [0.1, 0.15) is 17.5 Å². The minimum atomic E-state index is -3.75. The molecule has 2 aromatic carbocycles. The number of nitrogens with one attached hydrogen (secondary N) is 2. The van der Waals surface area contributed by atoms with E-state index < -0.39 is 20.5 Å². The maximum absolute atomic E-state index is 15.0. The number of aromatic nitrogens is 3. The van der Waals surface area contributed by atoms with Crippen molar-refractivity contribution in [3.8, 4) is 11.3 Å². The number of likely N-dealkylation sites (N-methyl/N-ethyl adjacent to an activating group) is 1. The second kappa shape index (κ2) is 12.9. The average molecular weight is 609 g/mol. The second-order valence-electron chi connectivity index (χ2n) is 11.1. The van der Waals surface area contributed by atoms with Crippen molar-refractivity contribution in [2.75, 3.05) is 58.5 Å². The van der Waals surface area contributed by atoms with Crippen molar-refractivity contribution < 1.29 is 22.3 Å². The fourth-order valence-electron chi connectivity index (χ4n) is 5.59. The number of Topliss-reactive ketones (excluding diaryl/α,β-unsaturated/α-hetero) is 1. The van der Waals surface area contributed by atoms with Gasteiger partial charge in [-0.15, -0.1) is 0 Å². The molecular formula is C31H37FN6O4S. The number of H-pyrrole nitrogens is 1. The fourth-order valence-corrected chi connectivity index (χ4v) is 6.35. The summed E-state index contributed by atoms with van der Waals surface area (Å²) in [7, 11) is -0.0149. The van der Waals surface area contributed by atoms with Crippen LogP contribution in [0.25, 0.3) is 22.2 Å². The molecule has 0 saturated carbocycles. The average Bonchev–Trinajstić information content (AvgIpc) is 3.28. The lowest BCUT2D eigenvalue weighted by Crippen LogP contribution is -2.46. The Morgan fingerprint density at radius 2 is 1.95 bits per heavy atom. The largest absolute Gasteiger partial charge is 0.383 e. The first kappa shape index (κ1) is 30.7. The normalized spacial score (nSPS) is 15.8. The number of hydrogen-bond acceptors (Lipinski definition) is 9. The van der Waals surface area contributed by atoms with E-state index in [0.717, 1.165) is 66.4 Å². The lowest BCUT2D eigenvalue weighted by atomic mass is 9.99. The summed E-state index contributed by atoms with van der Waals surface area (Å²) in [5.41, 5.74) is 3.91. The third-order valence-electron chi connectivity index (χ3n) is 7.89. The first-order valence-electron chi connectivity index (χ1n) is 14.2. The number of rotatable bonds is 10. The molecule has 1 atom stereocenters. The van der Waals surface area contributed by atoms with E-state index in [9.17, 15) is 17.6 Å². The molecule has 5 rings (SSSR count). The first-order valence-corrected chi connectivity index (χ1v) is 16.1. The van der Waals surface area contributed by atoms with Crippen molar-refractivity contribution in [1.29, 1.82) is 0 Å². The van der Waals surface area contributed by atoms with Crippen LogP contribution in [0, 0.1) is 12.7 Å². The van der Waals surface area contributed by atoms with Crippen molar-refractivity contribution in [2.45, 2.75) is 30.7 Å². The zero-order valence-corrected chi connectivity index (χ0v) is 25.7. The van der Waals surface area contributed by atoms with Gasteiger partial charge in [0.05, 0.1) is 24.0 Å². The van der Waals surface area contributed by atoms with Crippen LogP contribution in [-0.4, -0.2) is 98.2 Å². The van der Waals surface area contributed by atoms with Gasteiger partial charge in [0.25, 0.3) is 0 Å². The van der Waals surface area contributed by atoms with E-state index in [-0.39, 0.29) is 29.9 Å². The smallest absolute Gasteiger partial charge is 0.227 e. The number of nitrogens with zero attached hydrogens (tertiary/aromatic N) is 4. The van der Waals surface area contributed by atoms with Crippen molar-refractivity contribution in [2.24, 2.45) is 0 Å². The van der Waals surface area contributed by atoms with Gasteiger partial charge in [-0.3, -0.25) is 9.69 Å². The fraction of sp³-hybridized carbons (Fsp3) is 0.387. The van der Waals surface area contributed by atoms with Crippen LogP contribution < -0.4 is 5.32 Å². The number of aryl methyl sites for hydroxylation is 1. The lowest BCUT2D eigenvalue weighted by molar-refractivity contribution is -0.125. The Balaban J connectivity index is 1.43. The number of aromatic amines is 1. The Bertz CT molecular complexity index is 1740. The van der Waals surface area contributed by atoms with Gasteiger partial charge in [-0.05, 0) is 50.2 Å². The third-order valence-corrected chi connectivity index (χ3v) is 9.01. The van der Waals surface area contributed by atoms with Crippen LogP contribution in [0.5, 0.6) is 0 Å². The summed E-state index contributed by atoms with van der Waals surface area (Å²) in [4.78, 5) is 30.1. The molecule has 1 fully saturated rings. The maximum atomic E-state index is 15.0. The van der Waals surface area contributed by atoms with Gasteiger partial charge in [-0.1, -0.05) is 24.3 Å². The number of carbonyl (C=O) groups is 1. The summed E-state index contributed by atoms with van der Waals surface area (Å²) in [5.74, 6) is -0.662. The van der Waals surface area contributed by atoms with Gasteiger partial charge in [-0.2, -0.15) is 0 Å². The highest BCUT2D eigenvalue weighted by Crippen LogP contribution is 2.33. The summed E-state index contributed by atoms with van der Waals surface area (Å²) in [6.45, 7) is 5.82. The van der Waals surface area contributed by atoms with Crippen LogP contribution in [0.3, 0.4) is 0 Å². The number of ketones is 1. The van der Waals surface area contributed by atoms with Gasteiger partial charge in [0, 0.05) is 68.3 Å². The Morgan fingerprint density at radius 1 is 1.16 bits per heavy atom. The van der Waals surface area contributed by atoms with Gasteiger partial charge in [0.2, 0.25) is 5.95 Å². The van der Waals surface area contributed by atoms with Gasteiger partial charge in [-0.25, -0.2) is 22.8 Å². The van der Waals surface area contributed by atoms with E-state index in [1.165, 1.54) is 18.2 Å². The van der Waals surface area contributed by atoms with E-state index in [0.29, 0.717) is 12.3 Å². The monoisotopic (exact) mass is 608 g/mol. The topological polar surface area (TPSA) is 121 Å². The van der Waals surface area contributed by atoms with E-state index in [1.54, 1.807) is 13.3 Å². The van der Waals surface area contributed by atoms with Crippen LogP contribution >= 0.6 is 0 Å². The third kappa shape index (κ3) is 6.77. The molecule has 2 aromatic heterocycles. The van der Waals surface area contributed by atoms with Crippen molar-refractivity contribution >= 4 is 38.2 Å². The number of para-hydroxylation sites is 1. The molecule has 3 heterocycles. The SMILES string of the molecule is COC[C@@H](C(=O)Cc1cccc2c(-c3nc(Nc4cccc(S(C)(=O)=O)c4F)ncc3C)c[nH]c12)N1CCCN(C)CC1. The summed E-state index contributed by atoms with van der Waals surface area (Å²) in [5, 5.41) is 3.72. The second-order valence-corrected chi connectivity index (χ2v) is 13.1. The molecule has 4 aromatic rings. The summed E-state index contributed by atoms with van der Waals surface area (Å²) >= 11 is 0. The van der Waals surface area contributed by atoms with Crippen molar-refractivity contribution in [3.63, 3.8) is 0 Å². The molecule has 2 N–H and O–H groups in total. The standard InChI is InChI=1S/C31H37FN6O4S/c1-20-17-34-31(35-24-10-6-11-27(28(24)32)43(4,40)41)36-29(20)23-18-33-30-21(8-5-9-22(23)30)16-26(39)25(19-42-3)38-13-7-12-37(2)14-15-38/h5-6,8-11,17-18,25,33H,7,12-16,19H2,1-4H3,(H,34,35,36)/t25-/m0/s1. The zero-order valence-electron chi connectivity index (χ0n) is 24.9. The molecule has 12 heteroatoms. The highest BCUT2D eigenvalue weighted by molar-refractivity contribution is 7.90. The molecule has 1 aliphatic heterocycles. The minimum Gasteiger partial charge on any atom is -0.383 e. The molecule has 0 spiro atoms. The maximum Gasteiger partial charge on any atom is 0.227 e. The number of ether oxygens (including phenoxy) is 1. The van der Waals surface area contributed by atoms with Gasteiger partial charge in [0.1, 0.15) is 4.90 Å². The molecule has 228 valence electrons. The minimum absolute atomic E-state index is 0.0425. The molecule has 1 saturated heterocycles. The summed E-state index contributed by atoms with van der Waals surface area (Å²) < 4.78 is 44.4. The number of methoxy groups -OCH3 is 1. The van der Waals surface area contributed by atoms with E-state index in [1.807, 2.05) is 31.3 Å². The molecular weight excluding hydrogens is 571 g/mol. The molecule has 0 unspecified atom stereocenters. The van der Waals surface area contributed by atoms with Crippen LogP contribution in [0.4, 0.5) is 16.0 Å². The van der Waals surface area contributed by atoms with Crippen molar-refractivity contribution in [3.05, 3.63) is 65.7 Å². The van der Waals surface area contributed by atoms with E-state index in [2.05, 4.69) is 37.1 Å². The number of fused-ring (bicyclic) bond motifs is 1. The highest BCUT2D eigenvalue weighted by Gasteiger charge is 2.28. The van der Waals surface area contributed by atoms with Crippen LogP contribution in [0.2, 0.25) is 0 Å². The van der Waals surface area contributed by atoms with Crippen LogP contribution in [0.15, 0.2) is 53.7 Å². The van der Waals surface area contributed by atoms with Crippen LogP contribution in [-0.2, 0) is 25.8 Å². The highest BCUT2D eigenvalue weighted by atomic mass is 32.2. The van der Waals surface area contributed by atoms with Gasteiger partial charge >= 0.3 is 0 Å². The molecule has 0 aliphatic carbocycles. The van der Waals surface area contributed by atoms with E-state index in [4.69, 9.17) is 4.74 Å². The molecule has 0 bridgehead atoms. The van der Waals surface area contributed by atoms with E-state index >= 15 is 0 Å². The molecule has 10 nitrogen and oxygen atoms in total. The number of anilines is 2. The summed E-state index contributed by atoms with van der Waals surface area (Å²) in [6, 6.07) is 9.64. The number of sulfone groups is 1.